The van der Waals surface area contributed by atoms with E-state index in [2.05, 4.69) is 146 Å². The van der Waals surface area contributed by atoms with Gasteiger partial charge in [-0.2, -0.15) is 0 Å². The maximum Gasteiger partial charge on any atom is 0.138 e. The van der Waals surface area contributed by atoms with E-state index in [9.17, 15) is 0 Å². The van der Waals surface area contributed by atoms with Crippen molar-refractivity contribution in [1.82, 2.24) is 29.4 Å². The van der Waals surface area contributed by atoms with E-state index < -0.39 is 0 Å². The van der Waals surface area contributed by atoms with Gasteiger partial charge in [0, 0.05) is 39.9 Å². The standard InChI is InChI=1S/C38H26N6/c1-3-16-33-27(11-1)28-20-22-39-24-36(28)43(33)26-10-5-9-25(23-26)30-13-6-14-31(41-30)32-15-7-19-37(42-32)44-34-17-4-2-12-29(34)38-35(44)18-8-21-40-38/h1-24,31,41H. The highest BCUT2D eigenvalue weighted by Gasteiger charge is 2.19. The highest BCUT2D eigenvalue weighted by atomic mass is 15.1. The second-order valence-corrected chi connectivity index (χ2v) is 11.0. The highest BCUT2D eigenvalue weighted by molar-refractivity contribution is 6.09. The van der Waals surface area contributed by atoms with E-state index in [4.69, 9.17) is 4.98 Å². The molecule has 6 heterocycles. The summed E-state index contributed by atoms with van der Waals surface area (Å²) in [5, 5.41) is 7.29. The number of dihydropyridines is 1. The second-order valence-electron chi connectivity index (χ2n) is 11.0. The predicted molar refractivity (Wildman–Crippen MR) is 178 cm³/mol. The van der Waals surface area contributed by atoms with Crippen molar-refractivity contribution in [3.8, 4) is 11.5 Å². The molecule has 0 bridgehead atoms. The van der Waals surface area contributed by atoms with Crippen LogP contribution in [0.4, 0.5) is 0 Å². The molecule has 0 fully saturated rings. The smallest absolute Gasteiger partial charge is 0.138 e. The summed E-state index contributed by atoms with van der Waals surface area (Å²) in [6.07, 6.45) is 12.1. The molecule has 1 unspecified atom stereocenters. The molecule has 0 amide bonds. The van der Waals surface area contributed by atoms with Crippen LogP contribution >= 0.6 is 0 Å². The van der Waals surface area contributed by atoms with Crippen molar-refractivity contribution in [2.45, 2.75) is 6.04 Å². The van der Waals surface area contributed by atoms with Crippen molar-refractivity contribution in [3.05, 3.63) is 157 Å². The van der Waals surface area contributed by atoms with Crippen LogP contribution in [0.25, 0.3) is 60.9 Å². The Morgan fingerprint density at radius 2 is 1.43 bits per heavy atom. The van der Waals surface area contributed by atoms with Crippen LogP contribution in [-0.4, -0.2) is 24.1 Å². The number of hydrogen-bond acceptors (Lipinski definition) is 4. The van der Waals surface area contributed by atoms with Crippen LogP contribution in [0.3, 0.4) is 0 Å². The van der Waals surface area contributed by atoms with E-state index in [1.165, 1.54) is 10.8 Å². The van der Waals surface area contributed by atoms with Crippen molar-refractivity contribution < 1.29 is 0 Å². The molecule has 3 aromatic carbocycles. The van der Waals surface area contributed by atoms with Gasteiger partial charge >= 0.3 is 0 Å². The number of aromatic nitrogens is 5. The quantitative estimate of drug-likeness (QED) is 0.233. The molecule has 0 aliphatic carbocycles. The lowest BCUT2D eigenvalue weighted by molar-refractivity contribution is 0.733. The van der Waals surface area contributed by atoms with Gasteiger partial charge in [0.25, 0.3) is 0 Å². The Balaban J connectivity index is 1.09. The number of nitrogens with one attached hydrogen (secondary N) is 1. The first-order chi connectivity index (χ1) is 21.8. The van der Waals surface area contributed by atoms with Crippen LogP contribution in [0.2, 0.25) is 0 Å². The summed E-state index contributed by atoms with van der Waals surface area (Å²) < 4.78 is 4.50. The van der Waals surface area contributed by atoms with E-state index in [0.717, 1.165) is 61.4 Å². The average molecular weight is 567 g/mol. The zero-order valence-electron chi connectivity index (χ0n) is 23.7. The summed E-state index contributed by atoms with van der Waals surface area (Å²) in [6, 6.07) is 37.9. The number of para-hydroxylation sites is 2. The Kier molecular flexibility index (Phi) is 5.46. The van der Waals surface area contributed by atoms with Gasteiger partial charge in [-0.05, 0) is 66.2 Å². The van der Waals surface area contributed by atoms with Crippen LogP contribution in [0.15, 0.2) is 146 Å². The van der Waals surface area contributed by atoms with Crippen LogP contribution in [0, 0.1) is 0 Å². The van der Waals surface area contributed by atoms with Gasteiger partial charge in [-0.25, -0.2) is 4.98 Å². The second kappa shape index (κ2) is 9.78. The Hall–Kier alpha value is -6.01. The van der Waals surface area contributed by atoms with Crippen LogP contribution in [0.5, 0.6) is 0 Å². The molecular weight excluding hydrogens is 540 g/mol. The molecular formula is C38H26N6. The van der Waals surface area contributed by atoms with Crippen molar-refractivity contribution in [2.75, 3.05) is 0 Å². The van der Waals surface area contributed by atoms with Gasteiger partial charge in [-0.15, -0.1) is 0 Å². The van der Waals surface area contributed by atoms with Crippen LogP contribution < -0.4 is 5.32 Å². The molecule has 0 saturated carbocycles. The number of rotatable bonds is 4. The summed E-state index contributed by atoms with van der Waals surface area (Å²) >= 11 is 0. The molecule has 6 nitrogen and oxygen atoms in total. The molecule has 5 aromatic heterocycles. The summed E-state index contributed by atoms with van der Waals surface area (Å²) in [5.74, 6) is 0.870. The van der Waals surface area contributed by atoms with Gasteiger partial charge < -0.3 is 9.88 Å². The molecule has 0 radical (unpaired) electrons. The molecule has 0 saturated heterocycles. The molecule has 0 spiro atoms. The molecule has 8 aromatic rings. The largest absolute Gasteiger partial charge is 0.373 e. The number of benzene rings is 3. The first-order valence-electron chi connectivity index (χ1n) is 14.7. The van der Waals surface area contributed by atoms with Gasteiger partial charge in [0.2, 0.25) is 0 Å². The molecule has 44 heavy (non-hydrogen) atoms. The number of fused-ring (bicyclic) bond motifs is 6. The SMILES string of the molecule is C1=CC(c2cccc(-n3c4ccccc4c4ncccc43)n2)NC(c2cccc(-n3c4ccccc4c4ccncc43)c2)=C1. The average Bonchev–Trinajstić information content (AvgIpc) is 3.62. The lowest BCUT2D eigenvalue weighted by Gasteiger charge is -2.23. The van der Waals surface area contributed by atoms with E-state index in [0.29, 0.717) is 0 Å². The predicted octanol–water partition coefficient (Wildman–Crippen LogP) is 8.31. The Morgan fingerprint density at radius 1 is 0.636 bits per heavy atom. The number of hydrogen-bond donors (Lipinski definition) is 1. The molecule has 1 N–H and O–H groups in total. The van der Waals surface area contributed by atoms with Gasteiger partial charge in [-0.3, -0.25) is 14.5 Å². The van der Waals surface area contributed by atoms with Gasteiger partial charge in [0.15, 0.2) is 0 Å². The third-order valence-electron chi connectivity index (χ3n) is 8.50. The normalized spacial score (nSPS) is 14.8. The highest BCUT2D eigenvalue weighted by Crippen LogP contribution is 2.33. The van der Waals surface area contributed by atoms with Crippen LogP contribution in [0.1, 0.15) is 17.3 Å². The van der Waals surface area contributed by atoms with Crippen molar-refractivity contribution in [1.29, 1.82) is 0 Å². The summed E-state index contributed by atoms with van der Waals surface area (Å²) in [5.41, 5.74) is 9.57. The number of nitrogens with zero attached hydrogens (tertiary/aromatic N) is 5. The zero-order valence-corrected chi connectivity index (χ0v) is 23.7. The minimum Gasteiger partial charge on any atom is -0.373 e. The molecule has 1 atom stereocenters. The third kappa shape index (κ3) is 3.78. The zero-order chi connectivity index (χ0) is 29.0. The Morgan fingerprint density at radius 3 is 2.36 bits per heavy atom. The molecule has 1 aliphatic heterocycles. The summed E-state index contributed by atoms with van der Waals surface area (Å²) in [7, 11) is 0. The molecule has 9 rings (SSSR count). The Labute approximate surface area is 253 Å². The summed E-state index contributed by atoms with van der Waals surface area (Å²) in [4.78, 5) is 14.3. The Bertz CT molecular complexity index is 2340. The molecule has 6 heteroatoms. The van der Waals surface area contributed by atoms with E-state index >= 15 is 0 Å². The minimum atomic E-state index is -0.0812. The lowest BCUT2D eigenvalue weighted by Crippen LogP contribution is -2.21. The number of pyridine rings is 3. The van der Waals surface area contributed by atoms with Crippen molar-refractivity contribution in [2.24, 2.45) is 0 Å². The fraction of sp³-hybridized carbons (Fsp3) is 0.0263. The first-order valence-corrected chi connectivity index (χ1v) is 14.7. The maximum atomic E-state index is 5.18. The maximum absolute atomic E-state index is 5.18. The third-order valence-corrected chi connectivity index (χ3v) is 8.50. The number of allylic oxidation sites excluding steroid dienone is 2. The topological polar surface area (TPSA) is 60.6 Å². The lowest BCUT2D eigenvalue weighted by atomic mass is 10.0. The molecule has 1 aliphatic rings. The van der Waals surface area contributed by atoms with Crippen molar-refractivity contribution in [3.63, 3.8) is 0 Å². The van der Waals surface area contributed by atoms with Crippen LogP contribution in [-0.2, 0) is 0 Å². The van der Waals surface area contributed by atoms with E-state index in [1.807, 2.05) is 24.7 Å². The van der Waals surface area contributed by atoms with E-state index in [-0.39, 0.29) is 6.04 Å². The van der Waals surface area contributed by atoms with Gasteiger partial charge in [-0.1, -0.05) is 66.7 Å². The monoisotopic (exact) mass is 566 g/mol. The summed E-state index contributed by atoms with van der Waals surface area (Å²) in [6.45, 7) is 0. The first kappa shape index (κ1) is 24.6. The van der Waals surface area contributed by atoms with Crippen molar-refractivity contribution >= 4 is 49.4 Å². The van der Waals surface area contributed by atoms with E-state index in [1.54, 1.807) is 0 Å². The van der Waals surface area contributed by atoms with Gasteiger partial charge in [0.1, 0.15) is 5.82 Å². The minimum absolute atomic E-state index is 0.0812. The van der Waals surface area contributed by atoms with Gasteiger partial charge in [0.05, 0.1) is 45.5 Å². The fourth-order valence-corrected chi connectivity index (χ4v) is 6.56. The molecule has 208 valence electrons. The fourth-order valence-electron chi connectivity index (χ4n) is 6.56.